The molecule has 0 radical (unpaired) electrons. The molecule has 1 aliphatic rings. The quantitative estimate of drug-likeness (QED) is 0.381. The summed E-state index contributed by atoms with van der Waals surface area (Å²) in [6.45, 7) is 2.45. The Morgan fingerprint density at radius 3 is 2.09 bits per heavy atom. The molecular formula is C27H24N2O5. The van der Waals surface area contributed by atoms with Crippen LogP contribution in [0.25, 0.3) is 0 Å². The van der Waals surface area contributed by atoms with Gasteiger partial charge < -0.3 is 9.64 Å². The van der Waals surface area contributed by atoms with E-state index in [-0.39, 0.29) is 36.4 Å². The van der Waals surface area contributed by atoms with E-state index < -0.39 is 5.97 Å². The molecule has 4 rings (SSSR count). The third-order valence-electron chi connectivity index (χ3n) is 5.66. The van der Waals surface area contributed by atoms with Gasteiger partial charge in [0.1, 0.15) is 0 Å². The van der Waals surface area contributed by atoms with Crippen molar-refractivity contribution in [3.05, 3.63) is 107 Å². The zero-order valence-electron chi connectivity index (χ0n) is 18.8. The Bertz CT molecular complexity index is 1200. The highest BCUT2D eigenvalue weighted by molar-refractivity contribution is 6.21. The zero-order chi connectivity index (χ0) is 24.1. The highest BCUT2D eigenvalue weighted by atomic mass is 16.5. The fraction of sp³-hybridized carbons (Fsp3) is 0.185. The van der Waals surface area contributed by atoms with Gasteiger partial charge in [0.2, 0.25) is 0 Å². The van der Waals surface area contributed by atoms with Crippen molar-refractivity contribution in [2.24, 2.45) is 0 Å². The normalized spacial score (nSPS) is 12.4. The smallest absolute Gasteiger partial charge is 0.338 e. The number of carbonyl (C=O) groups is 4. The Balaban J connectivity index is 1.37. The standard InChI is InChI=1S/C27H24N2O5/c1-2-28(16-19-9-4-3-5-10-19)24(30)18-34-27(33)21-12-8-11-20(15-21)17-29-25(31)22-13-6-7-14-23(22)26(29)32/h3-15H,2,16-18H2,1H3. The molecule has 7 nitrogen and oxygen atoms in total. The van der Waals surface area contributed by atoms with Crippen molar-refractivity contribution in [1.82, 2.24) is 9.80 Å². The van der Waals surface area contributed by atoms with E-state index in [9.17, 15) is 19.2 Å². The summed E-state index contributed by atoms with van der Waals surface area (Å²) in [5.41, 5.74) is 2.59. The molecule has 3 aromatic rings. The van der Waals surface area contributed by atoms with Crippen molar-refractivity contribution >= 4 is 23.7 Å². The van der Waals surface area contributed by atoms with Gasteiger partial charge in [-0.25, -0.2) is 4.79 Å². The number of nitrogens with zero attached hydrogens (tertiary/aromatic N) is 2. The van der Waals surface area contributed by atoms with Crippen LogP contribution in [0.5, 0.6) is 0 Å². The first kappa shape index (κ1) is 22.9. The fourth-order valence-corrected chi connectivity index (χ4v) is 3.84. The molecule has 34 heavy (non-hydrogen) atoms. The van der Waals surface area contributed by atoms with Gasteiger partial charge in [0, 0.05) is 13.1 Å². The topological polar surface area (TPSA) is 84.0 Å². The van der Waals surface area contributed by atoms with Crippen LogP contribution in [0.1, 0.15) is 49.1 Å². The minimum Gasteiger partial charge on any atom is -0.452 e. The van der Waals surface area contributed by atoms with Crippen LogP contribution in [-0.4, -0.2) is 46.6 Å². The van der Waals surface area contributed by atoms with Crippen LogP contribution in [0.15, 0.2) is 78.9 Å². The van der Waals surface area contributed by atoms with Crippen LogP contribution in [0.2, 0.25) is 0 Å². The Labute approximate surface area is 197 Å². The van der Waals surface area contributed by atoms with E-state index in [4.69, 9.17) is 4.74 Å². The van der Waals surface area contributed by atoms with Crippen molar-refractivity contribution in [2.45, 2.75) is 20.0 Å². The van der Waals surface area contributed by atoms with Crippen LogP contribution in [0.4, 0.5) is 0 Å². The van der Waals surface area contributed by atoms with Crippen molar-refractivity contribution < 1.29 is 23.9 Å². The molecule has 0 atom stereocenters. The lowest BCUT2D eigenvalue weighted by Crippen LogP contribution is -2.34. The van der Waals surface area contributed by atoms with Crippen molar-refractivity contribution in [1.29, 1.82) is 0 Å². The highest BCUT2D eigenvalue weighted by Crippen LogP contribution is 2.24. The van der Waals surface area contributed by atoms with E-state index in [2.05, 4.69) is 0 Å². The molecule has 0 N–H and O–H groups in total. The summed E-state index contributed by atoms with van der Waals surface area (Å²) in [5, 5.41) is 0. The summed E-state index contributed by atoms with van der Waals surface area (Å²) in [6.07, 6.45) is 0. The van der Waals surface area contributed by atoms with E-state index in [1.54, 1.807) is 53.4 Å². The molecule has 3 amide bonds. The molecule has 3 aromatic carbocycles. The maximum Gasteiger partial charge on any atom is 0.338 e. The van der Waals surface area contributed by atoms with Gasteiger partial charge >= 0.3 is 5.97 Å². The summed E-state index contributed by atoms with van der Waals surface area (Å²) in [6, 6.07) is 22.8. The molecule has 0 saturated heterocycles. The number of likely N-dealkylation sites (N-methyl/N-ethyl adjacent to an activating group) is 1. The third kappa shape index (κ3) is 4.88. The second kappa shape index (κ2) is 10.1. The van der Waals surface area contributed by atoms with Gasteiger partial charge in [0.25, 0.3) is 17.7 Å². The Kier molecular flexibility index (Phi) is 6.82. The van der Waals surface area contributed by atoms with Gasteiger partial charge in [-0.15, -0.1) is 0 Å². The lowest BCUT2D eigenvalue weighted by molar-refractivity contribution is -0.134. The van der Waals surface area contributed by atoms with E-state index in [0.717, 1.165) is 10.5 Å². The van der Waals surface area contributed by atoms with E-state index in [0.29, 0.717) is 29.8 Å². The van der Waals surface area contributed by atoms with Crippen LogP contribution >= 0.6 is 0 Å². The van der Waals surface area contributed by atoms with Gasteiger partial charge in [-0.1, -0.05) is 54.6 Å². The second-order valence-corrected chi connectivity index (χ2v) is 7.91. The Morgan fingerprint density at radius 2 is 1.44 bits per heavy atom. The molecule has 7 heteroatoms. The molecule has 0 unspecified atom stereocenters. The molecule has 0 bridgehead atoms. The highest BCUT2D eigenvalue weighted by Gasteiger charge is 2.35. The lowest BCUT2D eigenvalue weighted by atomic mass is 10.1. The Morgan fingerprint density at radius 1 is 0.824 bits per heavy atom. The summed E-state index contributed by atoms with van der Waals surface area (Å²) in [4.78, 5) is 53.1. The van der Waals surface area contributed by atoms with Crippen LogP contribution < -0.4 is 0 Å². The predicted molar refractivity (Wildman–Crippen MR) is 125 cm³/mol. The summed E-state index contributed by atoms with van der Waals surface area (Å²) >= 11 is 0. The lowest BCUT2D eigenvalue weighted by Gasteiger charge is -2.21. The predicted octanol–water partition coefficient (Wildman–Crippen LogP) is 3.69. The number of hydrogen-bond acceptors (Lipinski definition) is 5. The maximum atomic E-state index is 12.6. The SMILES string of the molecule is CCN(Cc1ccccc1)C(=O)COC(=O)c1cccc(CN2C(=O)c3ccccc3C2=O)c1. The van der Waals surface area contributed by atoms with Crippen molar-refractivity contribution in [3.8, 4) is 0 Å². The molecule has 0 spiro atoms. The number of imide groups is 1. The summed E-state index contributed by atoms with van der Waals surface area (Å²) in [7, 11) is 0. The molecule has 1 heterocycles. The molecular weight excluding hydrogens is 432 g/mol. The maximum absolute atomic E-state index is 12.6. The van der Waals surface area contributed by atoms with Gasteiger partial charge in [-0.05, 0) is 42.3 Å². The molecule has 0 saturated carbocycles. The zero-order valence-corrected chi connectivity index (χ0v) is 18.8. The van der Waals surface area contributed by atoms with E-state index in [1.807, 2.05) is 37.3 Å². The Hall–Kier alpha value is -4.26. The van der Waals surface area contributed by atoms with Crippen LogP contribution in [0.3, 0.4) is 0 Å². The summed E-state index contributed by atoms with van der Waals surface area (Å²) in [5.74, 6) is -1.66. The third-order valence-corrected chi connectivity index (χ3v) is 5.66. The van der Waals surface area contributed by atoms with Crippen LogP contribution in [-0.2, 0) is 22.6 Å². The van der Waals surface area contributed by atoms with Crippen molar-refractivity contribution in [2.75, 3.05) is 13.2 Å². The first-order chi connectivity index (χ1) is 16.5. The number of esters is 1. The number of fused-ring (bicyclic) bond motifs is 1. The number of hydrogen-bond donors (Lipinski definition) is 0. The van der Waals surface area contributed by atoms with Gasteiger partial charge in [0.15, 0.2) is 6.61 Å². The minimum absolute atomic E-state index is 0.0348. The number of carbonyl (C=O) groups excluding carboxylic acids is 4. The van der Waals surface area contributed by atoms with Crippen LogP contribution in [0, 0.1) is 0 Å². The number of rotatable bonds is 8. The molecule has 172 valence electrons. The average molecular weight is 456 g/mol. The number of benzene rings is 3. The van der Waals surface area contributed by atoms with E-state index >= 15 is 0 Å². The minimum atomic E-state index is -0.645. The molecule has 0 aliphatic carbocycles. The van der Waals surface area contributed by atoms with Crippen molar-refractivity contribution in [3.63, 3.8) is 0 Å². The molecule has 1 aliphatic heterocycles. The summed E-state index contributed by atoms with van der Waals surface area (Å²) < 4.78 is 5.25. The largest absolute Gasteiger partial charge is 0.452 e. The first-order valence-electron chi connectivity index (χ1n) is 11.0. The fourth-order valence-electron chi connectivity index (χ4n) is 3.84. The molecule has 0 aromatic heterocycles. The first-order valence-corrected chi connectivity index (χ1v) is 11.0. The average Bonchev–Trinajstić information content (AvgIpc) is 3.11. The van der Waals surface area contributed by atoms with Gasteiger partial charge in [0.05, 0.1) is 23.2 Å². The van der Waals surface area contributed by atoms with Gasteiger partial charge in [-0.2, -0.15) is 0 Å². The van der Waals surface area contributed by atoms with E-state index in [1.165, 1.54) is 0 Å². The molecule has 0 fully saturated rings. The second-order valence-electron chi connectivity index (χ2n) is 7.91. The number of ether oxygens (including phenoxy) is 1. The number of amides is 3. The van der Waals surface area contributed by atoms with Gasteiger partial charge in [-0.3, -0.25) is 19.3 Å². The monoisotopic (exact) mass is 456 g/mol.